The van der Waals surface area contributed by atoms with Crippen LogP contribution in [0.1, 0.15) is 22.6 Å². The van der Waals surface area contributed by atoms with Crippen LogP contribution in [0, 0.1) is 6.92 Å². The Balaban J connectivity index is 1.62. The van der Waals surface area contributed by atoms with Gasteiger partial charge < -0.3 is 9.30 Å². The third-order valence-electron chi connectivity index (χ3n) is 6.51. The fourth-order valence-corrected chi connectivity index (χ4v) is 4.49. The minimum atomic E-state index is -0.0162. The fraction of sp³-hybridized carbons (Fsp3) is 0.172. The summed E-state index contributed by atoms with van der Waals surface area (Å²) in [5, 5.41) is 1.74. The average Bonchev–Trinajstić information content (AvgIpc) is 3.11. The van der Waals surface area contributed by atoms with Gasteiger partial charge in [-0.3, -0.25) is 9.36 Å². The number of aromatic nitrogens is 3. The van der Waals surface area contributed by atoms with Crippen molar-refractivity contribution in [3.63, 3.8) is 0 Å². The molecule has 34 heavy (non-hydrogen) atoms. The molecular formula is C29H27N3O2. The largest absolute Gasteiger partial charge is 0.497 e. The molecule has 3 aromatic carbocycles. The van der Waals surface area contributed by atoms with Crippen LogP contribution in [0.3, 0.4) is 0 Å². The van der Waals surface area contributed by atoms with Crippen LogP contribution in [-0.4, -0.2) is 21.2 Å². The maximum Gasteiger partial charge on any atom is 0.261 e. The van der Waals surface area contributed by atoms with E-state index in [0.29, 0.717) is 23.3 Å². The number of nitrogens with zero attached hydrogens (tertiary/aromatic N) is 3. The summed E-state index contributed by atoms with van der Waals surface area (Å²) in [4.78, 5) is 18.3. The van der Waals surface area contributed by atoms with E-state index in [0.717, 1.165) is 34.3 Å². The monoisotopic (exact) mass is 449 g/mol. The topological polar surface area (TPSA) is 49.0 Å². The van der Waals surface area contributed by atoms with E-state index in [4.69, 9.17) is 9.72 Å². The van der Waals surface area contributed by atoms with E-state index in [-0.39, 0.29) is 5.56 Å². The average molecular weight is 450 g/mol. The molecule has 5 aromatic rings. The maximum absolute atomic E-state index is 13.4. The number of para-hydroxylation sites is 1. The predicted octanol–water partition coefficient (Wildman–Crippen LogP) is 5.62. The Kier molecular flexibility index (Phi) is 5.76. The van der Waals surface area contributed by atoms with E-state index in [1.165, 1.54) is 5.56 Å². The van der Waals surface area contributed by atoms with Crippen molar-refractivity contribution >= 4 is 34.0 Å². The van der Waals surface area contributed by atoms with Gasteiger partial charge in [0.2, 0.25) is 0 Å². The molecule has 0 aliphatic heterocycles. The van der Waals surface area contributed by atoms with Gasteiger partial charge in [0, 0.05) is 35.8 Å². The Hall–Kier alpha value is -4.12. The number of hydrogen-bond donors (Lipinski definition) is 0. The first-order chi connectivity index (χ1) is 16.6. The van der Waals surface area contributed by atoms with Crippen molar-refractivity contribution in [1.82, 2.24) is 14.1 Å². The zero-order chi connectivity index (χ0) is 23.7. The zero-order valence-electron chi connectivity index (χ0n) is 19.7. The molecular weight excluding hydrogens is 422 g/mol. The lowest BCUT2D eigenvalue weighted by Gasteiger charge is -2.11. The summed E-state index contributed by atoms with van der Waals surface area (Å²) < 4.78 is 9.41. The van der Waals surface area contributed by atoms with Gasteiger partial charge >= 0.3 is 0 Å². The van der Waals surface area contributed by atoms with Gasteiger partial charge in [0.1, 0.15) is 11.6 Å². The molecule has 0 bridgehead atoms. The van der Waals surface area contributed by atoms with Crippen molar-refractivity contribution < 1.29 is 4.74 Å². The minimum Gasteiger partial charge on any atom is -0.497 e. The summed E-state index contributed by atoms with van der Waals surface area (Å²) >= 11 is 0. The number of fused-ring (bicyclic) bond motifs is 2. The molecule has 2 heterocycles. The highest BCUT2D eigenvalue weighted by Crippen LogP contribution is 2.30. The van der Waals surface area contributed by atoms with E-state index in [2.05, 4.69) is 48.9 Å². The van der Waals surface area contributed by atoms with Gasteiger partial charge in [-0.25, -0.2) is 4.98 Å². The summed E-state index contributed by atoms with van der Waals surface area (Å²) in [5.74, 6) is 1.47. The van der Waals surface area contributed by atoms with E-state index >= 15 is 0 Å². The fourth-order valence-electron chi connectivity index (χ4n) is 4.49. The highest BCUT2D eigenvalue weighted by atomic mass is 16.5. The highest BCUT2D eigenvalue weighted by molar-refractivity contribution is 5.94. The Labute approximate surface area is 198 Å². The Morgan fingerprint density at radius 2 is 1.71 bits per heavy atom. The molecule has 5 nitrogen and oxygen atoms in total. The van der Waals surface area contributed by atoms with Crippen LogP contribution in [-0.2, 0) is 20.0 Å². The molecule has 5 heteroatoms. The lowest BCUT2D eigenvalue weighted by molar-refractivity contribution is 0.415. The molecule has 0 saturated heterocycles. The van der Waals surface area contributed by atoms with Crippen molar-refractivity contribution in [2.24, 2.45) is 7.05 Å². The molecule has 5 rings (SSSR count). The second-order valence-electron chi connectivity index (χ2n) is 8.45. The number of ether oxygens (including phenoxy) is 1. The molecule has 0 amide bonds. The normalized spacial score (nSPS) is 11.6. The van der Waals surface area contributed by atoms with Gasteiger partial charge in [0.15, 0.2) is 0 Å². The first kappa shape index (κ1) is 21.7. The van der Waals surface area contributed by atoms with Crippen LogP contribution in [0.15, 0.2) is 77.6 Å². The maximum atomic E-state index is 13.4. The summed E-state index contributed by atoms with van der Waals surface area (Å²) in [6, 6.07) is 23.9. The quantitative estimate of drug-likeness (QED) is 0.338. The van der Waals surface area contributed by atoms with Gasteiger partial charge in [-0.05, 0) is 61.4 Å². The van der Waals surface area contributed by atoms with Crippen LogP contribution < -0.4 is 10.3 Å². The first-order valence-corrected chi connectivity index (χ1v) is 11.4. The van der Waals surface area contributed by atoms with Crippen molar-refractivity contribution in [3.05, 3.63) is 106 Å². The molecule has 2 aromatic heterocycles. The Bertz CT molecular complexity index is 1580. The number of hydrogen-bond acceptors (Lipinski definition) is 3. The first-order valence-electron chi connectivity index (χ1n) is 11.4. The standard InChI is InChI=1S/C29H27N3O2/c1-20-23(25-19-22(34-3)13-15-27(25)31(20)2)14-16-28-30-26-12-8-7-11-24(26)29(33)32(28)18-17-21-9-5-4-6-10-21/h4-16,19H,17-18H2,1-3H3/b16-14+. The highest BCUT2D eigenvalue weighted by Gasteiger charge is 2.13. The van der Waals surface area contributed by atoms with Crippen LogP contribution in [0.2, 0.25) is 0 Å². The van der Waals surface area contributed by atoms with Gasteiger partial charge in [-0.1, -0.05) is 42.5 Å². The second kappa shape index (κ2) is 9.02. The number of benzene rings is 3. The minimum absolute atomic E-state index is 0.0162. The van der Waals surface area contributed by atoms with Crippen LogP contribution in [0.4, 0.5) is 0 Å². The number of methoxy groups -OCH3 is 1. The Morgan fingerprint density at radius 1 is 0.941 bits per heavy atom. The van der Waals surface area contributed by atoms with Gasteiger partial charge in [-0.15, -0.1) is 0 Å². The molecule has 0 N–H and O–H groups in total. The van der Waals surface area contributed by atoms with Crippen molar-refractivity contribution in [3.8, 4) is 5.75 Å². The van der Waals surface area contributed by atoms with E-state index in [1.54, 1.807) is 11.7 Å². The summed E-state index contributed by atoms with van der Waals surface area (Å²) in [6.45, 7) is 2.66. The second-order valence-corrected chi connectivity index (χ2v) is 8.45. The van der Waals surface area contributed by atoms with E-state index < -0.39 is 0 Å². The lowest BCUT2D eigenvalue weighted by Crippen LogP contribution is -2.25. The van der Waals surface area contributed by atoms with Crippen LogP contribution >= 0.6 is 0 Å². The van der Waals surface area contributed by atoms with Gasteiger partial charge in [-0.2, -0.15) is 0 Å². The SMILES string of the molecule is COc1ccc2c(c1)c(/C=C/c1nc3ccccc3c(=O)n1CCc1ccccc1)c(C)n2C. The molecule has 0 atom stereocenters. The summed E-state index contributed by atoms with van der Waals surface area (Å²) in [5.41, 5.74) is 5.24. The van der Waals surface area contributed by atoms with Crippen molar-refractivity contribution in [2.45, 2.75) is 19.9 Å². The molecule has 170 valence electrons. The zero-order valence-corrected chi connectivity index (χ0v) is 19.7. The number of aryl methyl sites for hydroxylation is 2. The molecule has 0 aliphatic rings. The summed E-state index contributed by atoms with van der Waals surface area (Å²) in [6.07, 6.45) is 4.78. The molecule has 0 radical (unpaired) electrons. The Morgan fingerprint density at radius 3 is 2.50 bits per heavy atom. The smallest absolute Gasteiger partial charge is 0.261 e. The molecule has 0 unspecified atom stereocenters. The van der Waals surface area contributed by atoms with Gasteiger partial charge in [0.05, 0.1) is 18.0 Å². The third kappa shape index (κ3) is 3.90. The predicted molar refractivity (Wildman–Crippen MR) is 139 cm³/mol. The van der Waals surface area contributed by atoms with Crippen LogP contribution in [0.25, 0.3) is 34.0 Å². The van der Waals surface area contributed by atoms with Crippen molar-refractivity contribution in [2.75, 3.05) is 7.11 Å². The number of rotatable bonds is 6. The van der Waals surface area contributed by atoms with Crippen LogP contribution in [0.5, 0.6) is 5.75 Å². The van der Waals surface area contributed by atoms with Gasteiger partial charge in [0.25, 0.3) is 5.56 Å². The molecule has 0 saturated carbocycles. The molecule has 0 aliphatic carbocycles. The van der Waals surface area contributed by atoms with Crippen molar-refractivity contribution in [1.29, 1.82) is 0 Å². The summed E-state index contributed by atoms with van der Waals surface area (Å²) in [7, 11) is 3.74. The lowest BCUT2D eigenvalue weighted by atomic mass is 10.1. The molecule has 0 fully saturated rings. The molecule has 0 spiro atoms. The van der Waals surface area contributed by atoms with E-state index in [1.807, 2.05) is 54.6 Å². The third-order valence-corrected chi connectivity index (χ3v) is 6.51. The van der Waals surface area contributed by atoms with E-state index in [9.17, 15) is 4.79 Å².